The molecule has 0 spiro atoms. The Morgan fingerprint density at radius 2 is 1.95 bits per heavy atom. The maximum absolute atomic E-state index is 9.55. The Kier molecular flexibility index (Phi) is 3.99. The Labute approximate surface area is 119 Å². The first kappa shape index (κ1) is 14.0. The highest BCUT2D eigenvalue weighted by Gasteiger charge is 2.22. The molecule has 4 nitrogen and oxygen atoms in total. The number of aromatic nitrogens is 2. The molecule has 1 heterocycles. The normalized spacial score (nSPS) is 11.8. The molecule has 0 saturated carbocycles. The summed E-state index contributed by atoms with van der Waals surface area (Å²) >= 11 is 0. The highest BCUT2D eigenvalue weighted by atomic mass is 16.5. The quantitative estimate of drug-likeness (QED) is 0.857. The molecular formula is C16H17N3O. The van der Waals surface area contributed by atoms with Gasteiger partial charge in [0.2, 0.25) is 0 Å². The topological polar surface area (TPSA) is 58.8 Å². The van der Waals surface area contributed by atoms with Gasteiger partial charge in [-0.2, -0.15) is 5.26 Å². The highest BCUT2D eigenvalue weighted by molar-refractivity contribution is 5.52. The van der Waals surface area contributed by atoms with E-state index >= 15 is 0 Å². The van der Waals surface area contributed by atoms with Crippen LogP contribution in [0.2, 0.25) is 0 Å². The molecular weight excluding hydrogens is 250 g/mol. The molecule has 20 heavy (non-hydrogen) atoms. The fourth-order valence-corrected chi connectivity index (χ4v) is 2.46. The van der Waals surface area contributed by atoms with Crippen LogP contribution in [0.1, 0.15) is 33.9 Å². The van der Waals surface area contributed by atoms with Crippen molar-refractivity contribution in [2.24, 2.45) is 0 Å². The molecule has 0 radical (unpaired) electrons. The Morgan fingerprint density at radius 1 is 1.20 bits per heavy atom. The van der Waals surface area contributed by atoms with E-state index in [2.05, 4.69) is 16.0 Å². The average Bonchev–Trinajstić information content (AvgIpc) is 2.48. The fraction of sp³-hybridized carbons (Fsp3) is 0.312. The van der Waals surface area contributed by atoms with E-state index in [-0.39, 0.29) is 0 Å². The second-order valence-corrected chi connectivity index (χ2v) is 4.75. The summed E-state index contributed by atoms with van der Waals surface area (Å²) in [6, 6.07) is 4.31. The van der Waals surface area contributed by atoms with Crippen molar-refractivity contribution in [1.29, 1.82) is 5.26 Å². The molecule has 0 aliphatic rings. The van der Waals surface area contributed by atoms with E-state index in [1.54, 1.807) is 25.7 Å². The molecule has 0 N–H and O–H groups in total. The van der Waals surface area contributed by atoms with E-state index in [4.69, 9.17) is 4.74 Å². The molecule has 0 bridgehead atoms. The van der Waals surface area contributed by atoms with Crippen LogP contribution in [0.15, 0.2) is 24.7 Å². The number of ether oxygens (including phenoxy) is 1. The van der Waals surface area contributed by atoms with Crippen LogP contribution in [0.5, 0.6) is 5.75 Å². The minimum Gasteiger partial charge on any atom is -0.496 e. The van der Waals surface area contributed by atoms with Gasteiger partial charge >= 0.3 is 0 Å². The van der Waals surface area contributed by atoms with Gasteiger partial charge in [0.05, 0.1) is 25.1 Å². The Balaban J connectivity index is 2.63. The zero-order chi connectivity index (χ0) is 14.7. The minimum atomic E-state index is -0.409. The van der Waals surface area contributed by atoms with Crippen molar-refractivity contribution in [1.82, 2.24) is 9.97 Å². The molecule has 0 fully saturated rings. The van der Waals surface area contributed by atoms with Crippen LogP contribution in [0.25, 0.3) is 0 Å². The van der Waals surface area contributed by atoms with Crippen molar-refractivity contribution in [3.05, 3.63) is 52.6 Å². The molecule has 1 aromatic heterocycles. The number of hydrogen-bond acceptors (Lipinski definition) is 4. The van der Waals surface area contributed by atoms with E-state index in [1.165, 1.54) is 0 Å². The first-order valence-electron chi connectivity index (χ1n) is 6.40. The number of benzene rings is 1. The third-order valence-electron chi connectivity index (χ3n) is 3.63. The van der Waals surface area contributed by atoms with Crippen molar-refractivity contribution in [3.8, 4) is 11.8 Å². The van der Waals surface area contributed by atoms with Crippen LogP contribution < -0.4 is 4.74 Å². The molecule has 1 unspecified atom stereocenters. The van der Waals surface area contributed by atoms with Crippen LogP contribution in [0, 0.1) is 32.1 Å². The van der Waals surface area contributed by atoms with E-state index < -0.39 is 5.92 Å². The van der Waals surface area contributed by atoms with E-state index in [0.29, 0.717) is 5.69 Å². The summed E-state index contributed by atoms with van der Waals surface area (Å²) in [5, 5.41) is 9.55. The van der Waals surface area contributed by atoms with Crippen LogP contribution in [0.4, 0.5) is 0 Å². The lowest BCUT2D eigenvalue weighted by atomic mass is 9.87. The van der Waals surface area contributed by atoms with E-state index in [1.807, 2.05) is 26.8 Å². The van der Waals surface area contributed by atoms with E-state index in [0.717, 1.165) is 28.0 Å². The summed E-state index contributed by atoms with van der Waals surface area (Å²) in [6.45, 7) is 6.01. The number of rotatable bonds is 3. The van der Waals surface area contributed by atoms with Crippen LogP contribution >= 0.6 is 0 Å². The van der Waals surface area contributed by atoms with Gasteiger partial charge in [0.25, 0.3) is 0 Å². The van der Waals surface area contributed by atoms with E-state index in [9.17, 15) is 5.26 Å². The number of aryl methyl sites for hydroxylation is 1. The Hall–Kier alpha value is -2.41. The molecule has 0 saturated heterocycles. The lowest BCUT2D eigenvalue weighted by Gasteiger charge is -2.19. The second-order valence-electron chi connectivity index (χ2n) is 4.75. The van der Waals surface area contributed by atoms with Crippen molar-refractivity contribution >= 4 is 0 Å². The standard InChI is InChI=1S/C16H17N3O/c1-10-7-15(20-4)11(2)12(3)16(10)13(8-17)14-9-18-5-6-19-14/h5-7,9,13H,1-4H3. The molecule has 2 rings (SSSR count). The summed E-state index contributed by atoms with van der Waals surface area (Å²) < 4.78 is 5.37. The Morgan fingerprint density at radius 3 is 2.50 bits per heavy atom. The van der Waals surface area contributed by atoms with Gasteiger partial charge in [0, 0.05) is 12.4 Å². The number of nitriles is 1. The van der Waals surface area contributed by atoms with Gasteiger partial charge in [-0.1, -0.05) is 0 Å². The highest BCUT2D eigenvalue weighted by Crippen LogP contribution is 2.34. The lowest BCUT2D eigenvalue weighted by Crippen LogP contribution is -2.08. The second kappa shape index (κ2) is 5.70. The van der Waals surface area contributed by atoms with Crippen LogP contribution in [-0.2, 0) is 0 Å². The zero-order valence-electron chi connectivity index (χ0n) is 12.1. The van der Waals surface area contributed by atoms with Crippen LogP contribution in [0.3, 0.4) is 0 Å². The first-order valence-corrected chi connectivity index (χ1v) is 6.40. The third kappa shape index (κ3) is 2.35. The predicted octanol–water partition coefficient (Wildman–Crippen LogP) is 3.07. The summed E-state index contributed by atoms with van der Waals surface area (Å²) in [5.41, 5.74) is 4.82. The van der Waals surface area contributed by atoms with Crippen molar-refractivity contribution in [2.45, 2.75) is 26.7 Å². The lowest BCUT2D eigenvalue weighted by molar-refractivity contribution is 0.410. The van der Waals surface area contributed by atoms with Gasteiger partial charge in [-0.15, -0.1) is 0 Å². The van der Waals surface area contributed by atoms with Crippen LogP contribution in [-0.4, -0.2) is 17.1 Å². The maximum Gasteiger partial charge on any atom is 0.122 e. The minimum absolute atomic E-state index is 0.409. The van der Waals surface area contributed by atoms with Gasteiger partial charge < -0.3 is 4.74 Å². The molecule has 4 heteroatoms. The van der Waals surface area contributed by atoms with Gasteiger partial charge in [0.15, 0.2) is 0 Å². The van der Waals surface area contributed by atoms with Gasteiger partial charge in [-0.3, -0.25) is 9.97 Å². The zero-order valence-corrected chi connectivity index (χ0v) is 12.1. The molecule has 1 atom stereocenters. The molecule has 0 amide bonds. The third-order valence-corrected chi connectivity index (χ3v) is 3.63. The first-order chi connectivity index (χ1) is 9.60. The maximum atomic E-state index is 9.55. The number of nitrogens with zero attached hydrogens (tertiary/aromatic N) is 3. The van der Waals surface area contributed by atoms with Gasteiger partial charge in [0.1, 0.15) is 11.7 Å². The Bertz CT molecular complexity index is 660. The van der Waals surface area contributed by atoms with Crippen molar-refractivity contribution in [3.63, 3.8) is 0 Å². The van der Waals surface area contributed by atoms with Gasteiger partial charge in [-0.25, -0.2) is 0 Å². The monoisotopic (exact) mass is 267 g/mol. The molecule has 102 valence electrons. The fourth-order valence-electron chi connectivity index (χ4n) is 2.46. The summed E-state index contributed by atoms with van der Waals surface area (Å²) in [5.74, 6) is 0.438. The van der Waals surface area contributed by atoms with Gasteiger partial charge in [-0.05, 0) is 49.1 Å². The predicted molar refractivity (Wildman–Crippen MR) is 76.7 cm³/mol. The SMILES string of the molecule is COc1cc(C)c(C(C#N)c2cnccn2)c(C)c1C. The molecule has 0 aliphatic carbocycles. The molecule has 1 aromatic carbocycles. The largest absolute Gasteiger partial charge is 0.496 e. The summed E-state index contributed by atoms with van der Waals surface area (Å²) in [4.78, 5) is 8.32. The smallest absolute Gasteiger partial charge is 0.122 e. The number of hydrogen-bond donors (Lipinski definition) is 0. The van der Waals surface area contributed by atoms with Crippen molar-refractivity contribution < 1.29 is 4.74 Å². The van der Waals surface area contributed by atoms with Crippen molar-refractivity contribution in [2.75, 3.05) is 7.11 Å². The summed E-state index contributed by atoms with van der Waals surface area (Å²) in [7, 11) is 1.66. The average molecular weight is 267 g/mol. The number of methoxy groups -OCH3 is 1. The summed E-state index contributed by atoms with van der Waals surface area (Å²) in [6.07, 6.45) is 4.87. The molecule has 0 aliphatic heterocycles. The molecule has 2 aromatic rings.